The zero-order valence-corrected chi connectivity index (χ0v) is 11.4. The zero-order valence-electron chi connectivity index (χ0n) is 11.4. The number of carbonyl (C=O) groups is 1. The highest BCUT2D eigenvalue weighted by atomic mass is 16.4. The number of fused-ring (bicyclic) bond motifs is 1. The first kappa shape index (κ1) is 12.3. The van der Waals surface area contributed by atoms with Gasteiger partial charge in [0.05, 0.1) is 18.4 Å². The molecule has 0 radical (unpaired) electrons. The van der Waals surface area contributed by atoms with E-state index in [1.54, 1.807) is 0 Å². The quantitative estimate of drug-likeness (QED) is 0.932. The highest BCUT2D eigenvalue weighted by molar-refractivity contribution is 5.94. The van der Waals surface area contributed by atoms with E-state index in [-0.39, 0.29) is 5.69 Å². The summed E-state index contributed by atoms with van der Waals surface area (Å²) in [6.45, 7) is 0.480. The largest absolute Gasteiger partial charge is 0.476 e. The molecule has 0 amide bonds. The van der Waals surface area contributed by atoms with Crippen LogP contribution in [0.15, 0.2) is 29.4 Å². The molecule has 2 aliphatic rings. The molecule has 21 heavy (non-hydrogen) atoms. The maximum atomic E-state index is 10.8. The molecular formula is C15H14N4O2. The molecule has 2 aromatic rings. The van der Waals surface area contributed by atoms with Crippen LogP contribution in [0.5, 0.6) is 0 Å². The molecule has 0 atom stereocenters. The number of nitrogens with zero attached hydrogens (tertiary/aromatic N) is 4. The van der Waals surface area contributed by atoms with Gasteiger partial charge in [-0.15, -0.1) is 5.10 Å². The fourth-order valence-corrected chi connectivity index (χ4v) is 2.69. The average molecular weight is 282 g/mol. The molecule has 6 nitrogen and oxygen atoms in total. The van der Waals surface area contributed by atoms with Crippen LogP contribution in [0.2, 0.25) is 0 Å². The summed E-state index contributed by atoms with van der Waals surface area (Å²) >= 11 is 0. The summed E-state index contributed by atoms with van der Waals surface area (Å²) in [6, 6.07) is 6.54. The summed E-state index contributed by atoms with van der Waals surface area (Å²) in [5.41, 5.74) is 4.61. The Kier molecular flexibility index (Phi) is 2.63. The topological polar surface area (TPSA) is 80.4 Å². The third kappa shape index (κ3) is 2.33. The van der Waals surface area contributed by atoms with E-state index in [4.69, 9.17) is 5.11 Å². The van der Waals surface area contributed by atoms with Gasteiger partial charge < -0.3 is 5.11 Å². The predicted octanol–water partition coefficient (Wildman–Crippen LogP) is 2.18. The van der Waals surface area contributed by atoms with Gasteiger partial charge in [0.2, 0.25) is 0 Å². The molecule has 1 fully saturated rings. The molecule has 0 saturated heterocycles. The lowest BCUT2D eigenvalue weighted by atomic mass is 10.0. The normalized spacial score (nSPS) is 16.7. The minimum absolute atomic E-state index is 0.0397. The molecule has 1 aromatic heterocycles. The first-order valence-corrected chi connectivity index (χ1v) is 7.02. The van der Waals surface area contributed by atoms with Crippen molar-refractivity contribution in [2.45, 2.75) is 31.7 Å². The average Bonchev–Trinajstić information content (AvgIpc) is 3.07. The number of aromatic carboxylic acids is 1. The van der Waals surface area contributed by atoms with Crippen molar-refractivity contribution in [3.8, 4) is 0 Å². The van der Waals surface area contributed by atoms with Gasteiger partial charge in [0.25, 0.3) is 0 Å². The van der Waals surface area contributed by atoms with Crippen LogP contribution in [0.25, 0.3) is 0 Å². The molecule has 1 aliphatic heterocycles. The van der Waals surface area contributed by atoms with Crippen molar-refractivity contribution in [1.82, 2.24) is 15.0 Å². The molecular weight excluding hydrogens is 268 g/mol. The summed E-state index contributed by atoms with van der Waals surface area (Å²) in [5.74, 6) is -0.338. The van der Waals surface area contributed by atoms with Gasteiger partial charge >= 0.3 is 5.97 Å². The number of carboxylic acids is 1. The number of rotatable bonds is 4. The number of hydrogen-bond donors (Lipinski definition) is 1. The van der Waals surface area contributed by atoms with Crippen molar-refractivity contribution in [3.63, 3.8) is 0 Å². The van der Waals surface area contributed by atoms with Gasteiger partial charge in [0.15, 0.2) is 5.69 Å². The second-order valence-electron chi connectivity index (χ2n) is 5.62. The molecule has 106 valence electrons. The van der Waals surface area contributed by atoms with Crippen molar-refractivity contribution in [1.29, 1.82) is 0 Å². The Hall–Kier alpha value is -2.50. The molecule has 1 N–H and O–H groups in total. The lowest BCUT2D eigenvalue weighted by molar-refractivity contribution is 0.0690. The third-order valence-electron chi connectivity index (χ3n) is 3.93. The van der Waals surface area contributed by atoms with E-state index in [0.717, 1.165) is 23.7 Å². The summed E-state index contributed by atoms with van der Waals surface area (Å²) < 4.78 is 1.52. The molecule has 6 heteroatoms. The van der Waals surface area contributed by atoms with Crippen LogP contribution in [0, 0.1) is 0 Å². The van der Waals surface area contributed by atoms with Gasteiger partial charge in [-0.2, -0.15) is 0 Å². The van der Waals surface area contributed by atoms with E-state index in [1.807, 2.05) is 0 Å². The smallest absolute Gasteiger partial charge is 0.358 e. The fraction of sp³-hybridized carbons (Fsp3) is 0.333. The van der Waals surface area contributed by atoms with Crippen LogP contribution in [0.1, 0.15) is 40.4 Å². The Bertz CT molecular complexity index is 759. The van der Waals surface area contributed by atoms with Crippen LogP contribution >= 0.6 is 0 Å². The third-order valence-corrected chi connectivity index (χ3v) is 3.93. The van der Waals surface area contributed by atoms with Crippen molar-refractivity contribution < 1.29 is 9.90 Å². The maximum absolute atomic E-state index is 10.8. The first-order valence-electron chi connectivity index (χ1n) is 7.02. The summed E-state index contributed by atoms with van der Waals surface area (Å²) in [6.07, 6.45) is 4.80. The number of carboxylic acid groups (broad SMARTS) is 1. The van der Waals surface area contributed by atoms with Crippen LogP contribution in [-0.2, 0) is 13.0 Å². The van der Waals surface area contributed by atoms with E-state index < -0.39 is 5.97 Å². The number of aromatic nitrogens is 3. The standard InChI is InChI=1S/C15H14N4O2/c20-15(21)14-8-19(18-17-14)7-12-5-11-4-3-10(9-1-2-9)6-13(11)16-12/h3-4,6,8-9H,1-2,5,7H2,(H,20,21). The summed E-state index contributed by atoms with van der Waals surface area (Å²) in [5, 5.41) is 16.3. The van der Waals surface area contributed by atoms with Gasteiger partial charge in [0, 0.05) is 12.1 Å². The molecule has 1 aromatic carbocycles. The van der Waals surface area contributed by atoms with Crippen LogP contribution < -0.4 is 0 Å². The molecule has 0 unspecified atom stereocenters. The Morgan fingerprint density at radius 3 is 2.95 bits per heavy atom. The summed E-state index contributed by atoms with van der Waals surface area (Å²) in [4.78, 5) is 15.4. The van der Waals surface area contributed by atoms with Gasteiger partial charge in [-0.3, -0.25) is 4.99 Å². The van der Waals surface area contributed by atoms with E-state index in [9.17, 15) is 4.79 Å². The summed E-state index contributed by atoms with van der Waals surface area (Å²) in [7, 11) is 0. The monoisotopic (exact) mass is 282 g/mol. The molecule has 2 heterocycles. The van der Waals surface area contributed by atoms with Gasteiger partial charge in [-0.1, -0.05) is 17.3 Å². The highest BCUT2D eigenvalue weighted by Crippen LogP contribution is 2.42. The Morgan fingerprint density at radius 2 is 2.24 bits per heavy atom. The van der Waals surface area contributed by atoms with E-state index >= 15 is 0 Å². The highest BCUT2D eigenvalue weighted by Gasteiger charge is 2.25. The lowest BCUT2D eigenvalue weighted by Gasteiger charge is -2.01. The number of aliphatic imine (C=N–C) groups is 1. The van der Waals surface area contributed by atoms with Crippen molar-refractivity contribution in [3.05, 3.63) is 41.2 Å². The second-order valence-corrected chi connectivity index (χ2v) is 5.62. The minimum Gasteiger partial charge on any atom is -0.476 e. The molecule has 1 aliphatic carbocycles. The van der Waals surface area contributed by atoms with Crippen LogP contribution in [0.4, 0.5) is 5.69 Å². The molecule has 4 rings (SSSR count). The number of hydrogen-bond acceptors (Lipinski definition) is 4. The Labute approximate surface area is 121 Å². The van der Waals surface area contributed by atoms with E-state index in [2.05, 4.69) is 33.5 Å². The van der Waals surface area contributed by atoms with Crippen molar-refractivity contribution >= 4 is 17.4 Å². The van der Waals surface area contributed by atoms with Crippen molar-refractivity contribution in [2.75, 3.05) is 0 Å². The van der Waals surface area contributed by atoms with Crippen molar-refractivity contribution in [2.24, 2.45) is 4.99 Å². The molecule has 0 bridgehead atoms. The second kappa shape index (κ2) is 4.51. The SMILES string of the molecule is O=C(O)c1cn(CC2=Nc3cc(C4CC4)ccc3C2)nn1. The van der Waals surface area contributed by atoms with Crippen LogP contribution in [0.3, 0.4) is 0 Å². The maximum Gasteiger partial charge on any atom is 0.358 e. The Morgan fingerprint density at radius 1 is 1.38 bits per heavy atom. The van der Waals surface area contributed by atoms with E-state index in [1.165, 1.54) is 34.8 Å². The zero-order chi connectivity index (χ0) is 14.4. The first-order chi connectivity index (χ1) is 10.2. The van der Waals surface area contributed by atoms with Gasteiger partial charge in [-0.05, 0) is 36.0 Å². The van der Waals surface area contributed by atoms with E-state index in [0.29, 0.717) is 6.54 Å². The van der Waals surface area contributed by atoms with Crippen LogP contribution in [-0.4, -0.2) is 31.8 Å². The lowest BCUT2D eigenvalue weighted by Crippen LogP contribution is -2.10. The molecule has 0 spiro atoms. The Balaban J connectivity index is 1.53. The predicted molar refractivity (Wildman–Crippen MR) is 76.2 cm³/mol. The number of benzene rings is 1. The van der Waals surface area contributed by atoms with Gasteiger partial charge in [-0.25, -0.2) is 9.48 Å². The molecule has 1 saturated carbocycles. The fourth-order valence-electron chi connectivity index (χ4n) is 2.69. The minimum atomic E-state index is -1.06. The van der Waals surface area contributed by atoms with Gasteiger partial charge in [0.1, 0.15) is 0 Å².